The van der Waals surface area contributed by atoms with E-state index in [1.807, 2.05) is 62.4 Å². The Bertz CT molecular complexity index is 968. The van der Waals surface area contributed by atoms with Gasteiger partial charge in [0.2, 0.25) is 0 Å². The Balaban J connectivity index is 1.72. The zero-order valence-corrected chi connectivity index (χ0v) is 17.8. The van der Waals surface area contributed by atoms with Crippen LogP contribution in [-0.4, -0.2) is 20.1 Å². The Labute approximate surface area is 175 Å². The van der Waals surface area contributed by atoms with Gasteiger partial charge in [0.15, 0.2) is 17.3 Å². The van der Waals surface area contributed by atoms with Crippen molar-refractivity contribution in [1.29, 1.82) is 0 Å². The van der Waals surface area contributed by atoms with Crippen molar-refractivity contribution in [3.05, 3.63) is 77.2 Å². The molecule has 0 saturated heterocycles. The minimum Gasteiger partial charge on any atom is -0.493 e. The molecule has 0 fully saturated rings. The molecular formula is C23H25NO4S. The van der Waals surface area contributed by atoms with Gasteiger partial charge in [0.25, 0.3) is 5.91 Å². The van der Waals surface area contributed by atoms with Crippen LogP contribution in [0.5, 0.6) is 11.5 Å². The molecule has 0 radical (unpaired) electrons. The first-order valence-electron chi connectivity index (χ1n) is 9.31. The van der Waals surface area contributed by atoms with Crippen LogP contribution in [0.4, 0.5) is 0 Å². The number of aryl methyl sites for hydroxylation is 1. The maximum absolute atomic E-state index is 12.8. The normalized spacial score (nSPS) is 11.7. The molecule has 0 aliphatic rings. The molecule has 0 aliphatic carbocycles. The largest absolute Gasteiger partial charge is 0.493 e. The summed E-state index contributed by atoms with van der Waals surface area (Å²) in [6, 6.07) is 15.5. The summed E-state index contributed by atoms with van der Waals surface area (Å²) in [5.41, 5.74) is 2.84. The van der Waals surface area contributed by atoms with Crippen LogP contribution in [-0.2, 0) is 5.75 Å². The van der Waals surface area contributed by atoms with Crippen molar-refractivity contribution in [2.45, 2.75) is 30.5 Å². The lowest BCUT2D eigenvalue weighted by Gasteiger charge is -2.19. The number of hydrogen-bond acceptors (Lipinski definition) is 5. The maximum atomic E-state index is 12.8. The summed E-state index contributed by atoms with van der Waals surface area (Å²) in [6.07, 6.45) is 1.56. The molecule has 6 heteroatoms. The molecule has 1 unspecified atom stereocenters. The zero-order chi connectivity index (χ0) is 20.8. The lowest BCUT2D eigenvalue weighted by Crippen LogP contribution is -2.27. The quantitative estimate of drug-likeness (QED) is 0.504. The Morgan fingerprint density at radius 3 is 2.48 bits per heavy atom. The molecule has 5 nitrogen and oxygen atoms in total. The monoisotopic (exact) mass is 411 g/mol. The van der Waals surface area contributed by atoms with Gasteiger partial charge < -0.3 is 19.2 Å². The topological polar surface area (TPSA) is 60.7 Å². The van der Waals surface area contributed by atoms with Crippen molar-refractivity contribution >= 4 is 17.7 Å². The van der Waals surface area contributed by atoms with Gasteiger partial charge in [-0.3, -0.25) is 4.79 Å². The minimum atomic E-state index is -0.236. The second kappa shape index (κ2) is 9.56. The first kappa shape index (κ1) is 20.9. The third kappa shape index (κ3) is 4.95. The number of methoxy groups -OCH3 is 2. The summed E-state index contributed by atoms with van der Waals surface area (Å²) in [6.45, 7) is 3.92. The third-order valence-corrected chi connectivity index (χ3v) is 5.74. The van der Waals surface area contributed by atoms with Crippen LogP contribution in [0, 0.1) is 6.92 Å². The molecule has 1 aromatic heterocycles. The van der Waals surface area contributed by atoms with E-state index in [0.717, 1.165) is 21.6 Å². The molecule has 29 heavy (non-hydrogen) atoms. The van der Waals surface area contributed by atoms with Crippen LogP contribution >= 0.6 is 11.8 Å². The second-order valence-corrected chi connectivity index (χ2v) is 7.68. The number of carbonyl (C=O) groups is 1. The van der Waals surface area contributed by atoms with Gasteiger partial charge in [-0.1, -0.05) is 18.2 Å². The first-order valence-corrected chi connectivity index (χ1v) is 10.3. The van der Waals surface area contributed by atoms with E-state index < -0.39 is 0 Å². The first-order chi connectivity index (χ1) is 14.0. The van der Waals surface area contributed by atoms with Crippen LogP contribution < -0.4 is 14.8 Å². The van der Waals surface area contributed by atoms with E-state index in [2.05, 4.69) is 5.32 Å². The number of thioether (sulfide) groups is 1. The van der Waals surface area contributed by atoms with Crippen LogP contribution in [0.3, 0.4) is 0 Å². The van der Waals surface area contributed by atoms with Crippen LogP contribution in [0.2, 0.25) is 0 Å². The van der Waals surface area contributed by atoms with Gasteiger partial charge >= 0.3 is 0 Å². The molecule has 1 heterocycles. The number of furan rings is 1. The molecule has 0 spiro atoms. The fourth-order valence-electron chi connectivity index (χ4n) is 3.13. The van der Waals surface area contributed by atoms with E-state index in [0.29, 0.717) is 23.0 Å². The Morgan fingerprint density at radius 2 is 1.79 bits per heavy atom. The fraction of sp³-hybridized carbons (Fsp3) is 0.261. The van der Waals surface area contributed by atoms with E-state index in [1.165, 1.54) is 0 Å². The van der Waals surface area contributed by atoms with Gasteiger partial charge in [0.1, 0.15) is 0 Å². The Kier molecular flexibility index (Phi) is 6.88. The smallest absolute Gasteiger partial charge is 0.287 e. The van der Waals surface area contributed by atoms with Crippen molar-refractivity contribution in [2.75, 3.05) is 14.2 Å². The van der Waals surface area contributed by atoms with Crippen LogP contribution in [0.15, 0.2) is 64.1 Å². The van der Waals surface area contributed by atoms with Crippen molar-refractivity contribution < 1.29 is 18.7 Å². The summed E-state index contributed by atoms with van der Waals surface area (Å²) in [7, 11) is 3.20. The Hall–Kier alpha value is -2.86. The Morgan fingerprint density at radius 1 is 1.10 bits per heavy atom. The number of ether oxygens (including phenoxy) is 2. The highest BCUT2D eigenvalue weighted by molar-refractivity contribution is 7.98. The highest BCUT2D eigenvalue weighted by Crippen LogP contribution is 2.33. The number of hydrogen-bond donors (Lipinski definition) is 1. The molecule has 2 aromatic carbocycles. The van der Waals surface area contributed by atoms with E-state index in [-0.39, 0.29) is 11.9 Å². The van der Waals surface area contributed by atoms with E-state index >= 15 is 0 Å². The second-order valence-electron chi connectivity index (χ2n) is 6.64. The summed E-state index contributed by atoms with van der Waals surface area (Å²) >= 11 is 1.67. The lowest BCUT2D eigenvalue weighted by atomic mass is 10.0. The molecule has 0 aliphatic heterocycles. The molecule has 1 N–H and O–H groups in total. The van der Waals surface area contributed by atoms with Gasteiger partial charge in [-0.15, -0.1) is 11.8 Å². The van der Waals surface area contributed by atoms with Gasteiger partial charge in [-0.05, 0) is 55.3 Å². The molecule has 152 valence electrons. The lowest BCUT2D eigenvalue weighted by molar-refractivity contribution is 0.0910. The molecule has 3 aromatic rings. The summed E-state index contributed by atoms with van der Waals surface area (Å²) in [4.78, 5) is 14.0. The highest BCUT2D eigenvalue weighted by atomic mass is 32.2. The predicted octanol–water partition coefficient (Wildman–Crippen LogP) is 5.39. The van der Waals surface area contributed by atoms with Gasteiger partial charge in [0, 0.05) is 16.2 Å². The molecule has 1 amide bonds. The number of nitrogens with one attached hydrogen (secondary N) is 1. The number of benzene rings is 2. The fourth-order valence-corrected chi connectivity index (χ4v) is 4.03. The van der Waals surface area contributed by atoms with E-state index in [1.54, 1.807) is 32.2 Å². The number of amides is 1. The highest BCUT2D eigenvalue weighted by Gasteiger charge is 2.20. The summed E-state index contributed by atoms with van der Waals surface area (Å²) in [5, 5.41) is 3.03. The van der Waals surface area contributed by atoms with Crippen LogP contribution in [0.1, 0.15) is 40.2 Å². The minimum absolute atomic E-state index is 0.220. The standard InChI is InChI=1S/C23H25NO4S/c1-15-12-20(26-3)21(27-4)13-19(15)16(2)24-23(25)22-17(10-11-28-22)14-29-18-8-6-5-7-9-18/h5-13,16H,14H2,1-4H3,(H,24,25). The van der Waals surface area contributed by atoms with E-state index in [9.17, 15) is 4.79 Å². The van der Waals surface area contributed by atoms with Crippen molar-refractivity contribution in [3.8, 4) is 11.5 Å². The van der Waals surface area contributed by atoms with Gasteiger partial charge in [0.05, 0.1) is 26.5 Å². The van der Waals surface area contributed by atoms with Crippen molar-refractivity contribution in [2.24, 2.45) is 0 Å². The maximum Gasteiger partial charge on any atom is 0.287 e. The SMILES string of the molecule is COc1cc(C)c(C(C)NC(=O)c2occc2CSc2ccccc2)cc1OC. The van der Waals surface area contributed by atoms with Gasteiger partial charge in [-0.2, -0.15) is 0 Å². The zero-order valence-electron chi connectivity index (χ0n) is 17.0. The average Bonchev–Trinajstić information content (AvgIpc) is 3.21. The predicted molar refractivity (Wildman–Crippen MR) is 115 cm³/mol. The summed E-state index contributed by atoms with van der Waals surface area (Å²) in [5.74, 6) is 2.07. The van der Waals surface area contributed by atoms with E-state index in [4.69, 9.17) is 13.9 Å². The molecule has 0 bridgehead atoms. The molecular weight excluding hydrogens is 386 g/mol. The van der Waals surface area contributed by atoms with Crippen molar-refractivity contribution in [3.63, 3.8) is 0 Å². The van der Waals surface area contributed by atoms with Crippen molar-refractivity contribution in [1.82, 2.24) is 5.32 Å². The van der Waals surface area contributed by atoms with Gasteiger partial charge in [-0.25, -0.2) is 0 Å². The third-order valence-electron chi connectivity index (χ3n) is 4.68. The molecule has 0 saturated carbocycles. The summed E-state index contributed by atoms with van der Waals surface area (Å²) < 4.78 is 16.2. The van der Waals surface area contributed by atoms with Crippen LogP contribution in [0.25, 0.3) is 0 Å². The average molecular weight is 412 g/mol. The molecule has 3 rings (SSSR count). The molecule has 1 atom stereocenters. The number of rotatable bonds is 8. The number of carbonyl (C=O) groups excluding carboxylic acids is 1.